The Hall–Kier alpha value is -3.18. The van der Waals surface area contributed by atoms with Crippen molar-refractivity contribution in [1.29, 1.82) is 0 Å². The van der Waals surface area contributed by atoms with Crippen LogP contribution in [-0.2, 0) is 25.6 Å². The predicted molar refractivity (Wildman–Crippen MR) is 107 cm³/mol. The highest BCUT2D eigenvalue weighted by molar-refractivity contribution is 7.78. The van der Waals surface area contributed by atoms with Crippen molar-refractivity contribution in [3.63, 3.8) is 0 Å². The third kappa shape index (κ3) is 9.85. The molecule has 162 valence electrons. The van der Waals surface area contributed by atoms with Crippen LogP contribution in [-0.4, -0.2) is 98.0 Å². The molecule has 30 heavy (non-hydrogen) atoms. The zero-order chi connectivity index (χ0) is 22.7. The van der Waals surface area contributed by atoms with Crippen LogP contribution in [0.5, 0.6) is 0 Å². The van der Waals surface area contributed by atoms with Crippen LogP contribution in [0.15, 0.2) is 29.3 Å². The van der Waals surface area contributed by atoms with Crippen LogP contribution in [0.25, 0.3) is 0 Å². The van der Waals surface area contributed by atoms with E-state index < -0.39 is 56.1 Å². The van der Waals surface area contributed by atoms with Crippen LogP contribution in [0.4, 0.5) is 5.69 Å². The number of hydrogen-bond acceptors (Lipinski definition) is 8. The van der Waals surface area contributed by atoms with Gasteiger partial charge in [-0.05, 0) is 36.3 Å². The molecule has 1 rings (SSSR count). The molecular weight excluding hydrogens is 418 g/mol. The normalized spacial score (nSPS) is 11.7. The smallest absolute Gasteiger partial charge is 0.317 e. The fraction of sp³-hybridized carbons (Fsp3) is 0.389. The first-order valence-corrected chi connectivity index (χ1v) is 9.02. The average Bonchev–Trinajstić information content (AvgIpc) is 2.60. The Bertz CT molecular complexity index is 791. The Morgan fingerprint density at radius 2 is 1.33 bits per heavy atom. The number of thiocarbonyl (C=S) groups is 1. The van der Waals surface area contributed by atoms with E-state index in [0.717, 1.165) is 9.80 Å². The number of aliphatic imine (C=N–C) groups is 1. The van der Waals surface area contributed by atoms with Crippen molar-refractivity contribution in [2.75, 3.05) is 32.7 Å². The van der Waals surface area contributed by atoms with Crippen LogP contribution in [0.1, 0.15) is 5.56 Å². The monoisotopic (exact) mass is 439 g/mol. The number of isothiocyanates is 1. The van der Waals surface area contributed by atoms with Crippen molar-refractivity contribution in [3.05, 3.63) is 29.8 Å². The van der Waals surface area contributed by atoms with E-state index in [4.69, 9.17) is 20.4 Å². The van der Waals surface area contributed by atoms with E-state index in [1.165, 1.54) is 0 Å². The van der Waals surface area contributed by atoms with E-state index in [2.05, 4.69) is 22.4 Å². The van der Waals surface area contributed by atoms with Gasteiger partial charge in [-0.3, -0.25) is 29.0 Å². The van der Waals surface area contributed by atoms with Gasteiger partial charge in [-0.15, -0.1) is 0 Å². The zero-order valence-corrected chi connectivity index (χ0v) is 16.6. The summed E-state index contributed by atoms with van der Waals surface area (Å²) in [5.41, 5.74) is 1.23. The quantitative estimate of drug-likeness (QED) is 0.232. The van der Waals surface area contributed by atoms with Gasteiger partial charge in [0, 0.05) is 12.6 Å². The van der Waals surface area contributed by atoms with E-state index in [9.17, 15) is 19.2 Å². The van der Waals surface area contributed by atoms with E-state index >= 15 is 0 Å². The summed E-state index contributed by atoms with van der Waals surface area (Å²) < 4.78 is 0. The zero-order valence-electron chi connectivity index (χ0n) is 15.8. The largest absolute Gasteiger partial charge is 0.480 e. The first kappa shape index (κ1) is 24.9. The fourth-order valence-electron chi connectivity index (χ4n) is 2.87. The lowest BCUT2D eigenvalue weighted by Crippen LogP contribution is -2.50. The van der Waals surface area contributed by atoms with Crippen LogP contribution in [0.3, 0.4) is 0 Å². The van der Waals surface area contributed by atoms with Crippen molar-refractivity contribution >= 4 is 46.9 Å². The fourth-order valence-corrected chi connectivity index (χ4v) is 2.97. The molecule has 1 aromatic carbocycles. The summed E-state index contributed by atoms with van der Waals surface area (Å²) in [5.74, 6) is -5.06. The van der Waals surface area contributed by atoms with Gasteiger partial charge in [0.05, 0.1) is 37.0 Å². The number of hydrogen-bond donors (Lipinski definition) is 4. The van der Waals surface area contributed by atoms with Gasteiger partial charge in [0.1, 0.15) is 0 Å². The molecule has 0 aliphatic heterocycles. The number of benzene rings is 1. The molecule has 1 unspecified atom stereocenters. The maximum Gasteiger partial charge on any atom is 0.317 e. The number of aliphatic carboxylic acids is 4. The van der Waals surface area contributed by atoms with E-state index in [-0.39, 0.29) is 13.0 Å². The summed E-state index contributed by atoms with van der Waals surface area (Å²) in [6.07, 6.45) is 0.151. The molecule has 4 N–H and O–H groups in total. The Balaban J connectivity index is 3.20. The van der Waals surface area contributed by atoms with Crippen molar-refractivity contribution in [2.45, 2.75) is 12.5 Å². The van der Waals surface area contributed by atoms with Crippen molar-refractivity contribution in [3.8, 4) is 0 Å². The van der Waals surface area contributed by atoms with Gasteiger partial charge < -0.3 is 20.4 Å². The van der Waals surface area contributed by atoms with Crippen molar-refractivity contribution in [1.82, 2.24) is 9.80 Å². The number of carbonyl (C=O) groups is 4. The molecule has 12 heteroatoms. The highest BCUT2D eigenvalue weighted by atomic mass is 32.1. The summed E-state index contributed by atoms with van der Waals surface area (Å²) in [7, 11) is 0. The Labute approximate surface area is 176 Å². The summed E-state index contributed by atoms with van der Waals surface area (Å²) in [4.78, 5) is 50.7. The molecule has 0 heterocycles. The second-order valence-corrected chi connectivity index (χ2v) is 6.56. The maximum atomic E-state index is 11.2. The Morgan fingerprint density at radius 1 is 0.867 bits per heavy atom. The molecule has 0 saturated heterocycles. The lowest BCUT2D eigenvalue weighted by molar-refractivity contribution is -0.146. The minimum Gasteiger partial charge on any atom is -0.480 e. The molecule has 11 nitrogen and oxygen atoms in total. The SMILES string of the molecule is O=C(O)CN(CC(=O)O)CC(Cc1ccc(N=C=S)cc1)N(CC(=O)O)CC(=O)O. The van der Waals surface area contributed by atoms with E-state index in [1.807, 2.05) is 0 Å². The summed E-state index contributed by atoms with van der Waals surface area (Å²) >= 11 is 4.53. The molecule has 0 saturated carbocycles. The van der Waals surface area contributed by atoms with Crippen LogP contribution in [0.2, 0.25) is 0 Å². The van der Waals surface area contributed by atoms with Gasteiger partial charge in [-0.2, -0.15) is 4.99 Å². The number of nitrogens with zero attached hydrogens (tertiary/aromatic N) is 3. The van der Waals surface area contributed by atoms with Crippen LogP contribution in [0, 0.1) is 0 Å². The predicted octanol–water partition coefficient (Wildman–Crippen LogP) is 0.274. The van der Waals surface area contributed by atoms with Crippen molar-refractivity contribution < 1.29 is 39.6 Å². The topological polar surface area (TPSA) is 168 Å². The molecule has 1 atom stereocenters. The molecule has 0 aliphatic rings. The lowest BCUT2D eigenvalue weighted by atomic mass is 10.0. The molecule has 1 aromatic rings. The third-order valence-electron chi connectivity index (χ3n) is 3.96. The molecule has 0 aromatic heterocycles. The van der Waals surface area contributed by atoms with E-state index in [0.29, 0.717) is 11.3 Å². The molecule has 0 bridgehead atoms. The maximum absolute atomic E-state index is 11.2. The first-order chi connectivity index (χ1) is 14.1. The Kier molecular flexibility index (Phi) is 10.3. The highest BCUT2D eigenvalue weighted by Gasteiger charge is 2.27. The van der Waals surface area contributed by atoms with Crippen LogP contribution >= 0.6 is 12.2 Å². The Morgan fingerprint density at radius 3 is 1.73 bits per heavy atom. The molecule has 0 spiro atoms. The van der Waals surface area contributed by atoms with Gasteiger partial charge >= 0.3 is 23.9 Å². The summed E-state index contributed by atoms with van der Waals surface area (Å²) in [6, 6.07) is 5.84. The van der Waals surface area contributed by atoms with E-state index in [1.54, 1.807) is 24.3 Å². The molecular formula is C18H21N3O8S. The molecule has 0 radical (unpaired) electrons. The van der Waals surface area contributed by atoms with Gasteiger partial charge in [-0.25, -0.2) is 0 Å². The number of carboxylic acids is 4. The number of rotatable bonds is 14. The summed E-state index contributed by atoms with van der Waals surface area (Å²) in [6.45, 7) is -2.59. The number of carboxylic acid groups (broad SMARTS) is 4. The average molecular weight is 439 g/mol. The second-order valence-electron chi connectivity index (χ2n) is 6.38. The van der Waals surface area contributed by atoms with Gasteiger partial charge in [0.25, 0.3) is 0 Å². The minimum atomic E-state index is -1.27. The standard InChI is InChI=1S/C18H21N3O8S/c22-15(23)7-20(8-16(24)25)6-14(21(9-17(26)27)10-18(28)29)5-12-1-3-13(4-2-12)19-11-30/h1-4,14H,5-10H2,(H,22,23)(H,24,25)(H,26,27)(H,28,29). The molecule has 0 aliphatic carbocycles. The summed E-state index contributed by atoms with van der Waals surface area (Å²) in [5, 5.41) is 38.7. The van der Waals surface area contributed by atoms with Crippen molar-refractivity contribution in [2.24, 2.45) is 4.99 Å². The van der Waals surface area contributed by atoms with Crippen LogP contribution < -0.4 is 0 Å². The third-order valence-corrected chi connectivity index (χ3v) is 4.05. The minimum absolute atomic E-state index is 0.151. The molecule has 0 fully saturated rings. The highest BCUT2D eigenvalue weighted by Crippen LogP contribution is 2.16. The van der Waals surface area contributed by atoms with Gasteiger partial charge in [-0.1, -0.05) is 12.1 Å². The first-order valence-electron chi connectivity index (χ1n) is 8.61. The second kappa shape index (κ2) is 12.4. The lowest BCUT2D eigenvalue weighted by Gasteiger charge is -2.33. The van der Waals surface area contributed by atoms with Gasteiger partial charge in [0.15, 0.2) is 0 Å². The van der Waals surface area contributed by atoms with Gasteiger partial charge in [0.2, 0.25) is 0 Å². The molecule has 0 amide bonds.